The molecule has 0 saturated heterocycles. The van der Waals surface area contributed by atoms with E-state index >= 15 is 0 Å². The fourth-order valence-electron chi connectivity index (χ4n) is 1.26. The van der Waals surface area contributed by atoms with E-state index in [1.807, 2.05) is 0 Å². The predicted molar refractivity (Wildman–Crippen MR) is 59.5 cm³/mol. The molecule has 108 valence electrons. The lowest BCUT2D eigenvalue weighted by Crippen LogP contribution is -2.17. The Bertz CT molecular complexity index is 445. The first-order valence-corrected chi connectivity index (χ1v) is 6.73. The molecule has 0 radical (unpaired) electrons. The van der Waals surface area contributed by atoms with Crippen LogP contribution in [0.1, 0.15) is 5.56 Å². The monoisotopic (exact) mass is 300 g/mol. The van der Waals surface area contributed by atoms with Gasteiger partial charge in [0.25, 0.3) is 0 Å². The summed E-state index contributed by atoms with van der Waals surface area (Å²) in [7, 11) is -1.11. The molecular weight excluding hydrogens is 288 g/mol. The van der Waals surface area contributed by atoms with Gasteiger partial charge in [-0.1, -0.05) is 12.1 Å². The van der Waals surface area contributed by atoms with Crippen molar-refractivity contribution in [1.82, 2.24) is 0 Å². The van der Waals surface area contributed by atoms with E-state index < -0.39 is 14.0 Å². The van der Waals surface area contributed by atoms with E-state index in [1.54, 1.807) is 0 Å². The van der Waals surface area contributed by atoms with Gasteiger partial charge in [0.05, 0.1) is 13.3 Å². The average molecular weight is 300 g/mol. The number of halogens is 3. The Balaban J connectivity index is 2.74. The van der Waals surface area contributed by atoms with Crippen molar-refractivity contribution in [2.75, 3.05) is 14.2 Å². The summed E-state index contributed by atoms with van der Waals surface area (Å²) in [4.78, 5) is 4.30. The van der Waals surface area contributed by atoms with Crippen LogP contribution in [-0.2, 0) is 24.8 Å². The Morgan fingerprint density at radius 1 is 1.16 bits per heavy atom. The molecule has 0 saturated carbocycles. The first kappa shape index (κ1) is 16.0. The minimum atomic E-state index is -4.75. The third kappa shape index (κ3) is 5.61. The first-order chi connectivity index (χ1) is 8.78. The summed E-state index contributed by atoms with van der Waals surface area (Å²) < 4.78 is 60.6. The summed E-state index contributed by atoms with van der Waals surface area (Å²) in [6, 6.07) is 4.86. The fraction of sp³-hybridized carbons (Fsp3) is 0.400. The highest BCUT2D eigenvalue weighted by Gasteiger charge is 2.31. The van der Waals surface area contributed by atoms with E-state index in [4.69, 9.17) is 4.52 Å². The molecule has 0 bridgehead atoms. The van der Waals surface area contributed by atoms with Crippen LogP contribution in [0.15, 0.2) is 24.3 Å². The van der Waals surface area contributed by atoms with Crippen molar-refractivity contribution < 1.29 is 36.6 Å². The molecule has 0 N–H and O–H groups in total. The standard InChI is InChI=1S/C10H12F3O5P/c1-15-18-19(14,16-2)7-8-3-5-9(6-4-8)17-10(11,12)13/h3-6H,7H2,1-2H3. The van der Waals surface area contributed by atoms with Gasteiger partial charge < -0.3 is 9.26 Å². The van der Waals surface area contributed by atoms with Crippen LogP contribution < -0.4 is 4.74 Å². The fourth-order valence-corrected chi connectivity index (χ4v) is 2.38. The lowest BCUT2D eigenvalue weighted by molar-refractivity contribution is -0.274. The van der Waals surface area contributed by atoms with Gasteiger partial charge in [-0.25, -0.2) is 4.89 Å². The summed E-state index contributed by atoms with van der Waals surface area (Å²) in [5.74, 6) is -0.365. The van der Waals surface area contributed by atoms with Crippen molar-refractivity contribution in [3.8, 4) is 5.75 Å². The lowest BCUT2D eigenvalue weighted by Gasteiger charge is -2.14. The van der Waals surface area contributed by atoms with E-state index in [9.17, 15) is 17.7 Å². The molecule has 5 nitrogen and oxygen atoms in total. The van der Waals surface area contributed by atoms with Crippen LogP contribution in [0.25, 0.3) is 0 Å². The highest BCUT2D eigenvalue weighted by Crippen LogP contribution is 2.50. The Hall–Kier alpha value is -1.08. The van der Waals surface area contributed by atoms with E-state index in [0.29, 0.717) is 5.56 Å². The molecule has 0 aliphatic carbocycles. The molecule has 9 heteroatoms. The molecule has 0 amide bonds. The zero-order valence-corrected chi connectivity index (χ0v) is 11.0. The van der Waals surface area contributed by atoms with Crippen molar-refractivity contribution >= 4 is 7.60 Å². The van der Waals surface area contributed by atoms with Gasteiger partial charge in [0.1, 0.15) is 5.75 Å². The summed E-state index contributed by atoms with van der Waals surface area (Å²) >= 11 is 0. The second-order valence-corrected chi connectivity index (χ2v) is 5.44. The van der Waals surface area contributed by atoms with Crippen LogP contribution >= 0.6 is 7.60 Å². The SMILES string of the molecule is COOP(=O)(Cc1ccc(OC(F)(F)F)cc1)OC. The largest absolute Gasteiger partial charge is 0.573 e. The normalized spacial score (nSPS) is 15.0. The first-order valence-electron chi connectivity index (χ1n) is 5.00. The molecule has 0 aliphatic rings. The number of hydrogen-bond acceptors (Lipinski definition) is 5. The quantitative estimate of drug-likeness (QED) is 0.457. The number of ether oxygens (including phenoxy) is 1. The molecule has 0 aliphatic heterocycles. The van der Waals surface area contributed by atoms with Gasteiger partial charge in [-0.15, -0.1) is 17.8 Å². The van der Waals surface area contributed by atoms with Gasteiger partial charge >= 0.3 is 14.0 Å². The molecule has 1 aromatic carbocycles. The predicted octanol–water partition coefficient (Wildman–Crippen LogP) is 3.50. The molecule has 1 unspecified atom stereocenters. The van der Waals surface area contributed by atoms with Crippen LogP contribution in [0, 0.1) is 0 Å². The molecule has 0 heterocycles. The van der Waals surface area contributed by atoms with Crippen LogP contribution in [0.3, 0.4) is 0 Å². The number of hydrogen-bond donors (Lipinski definition) is 0. The zero-order valence-electron chi connectivity index (χ0n) is 10.1. The summed E-state index contributed by atoms with van der Waals surface area (Å²) in [5.41, 5.74) is 0.455. The van der Waals surface area contributed by atoms with Crippen molar-refractivity contribution in [3.05, 3.63) is 29.8 Å². The van der Waals surface area contributed by atoms with Crippen molar-refractivity contribution in [2.45, 2.75) is 12.5 Å². The Morgan fingerprint density at radius 3 is 2.16 bits per heavy atom. The molecule has 1 atom stereocenters. The van der Waals surface area contributed by atoms with E-state index in [2.05, 4.69) is 14.3 Å². The minimum Gasteiger partial charge on any atom is -0.406 e. The summed E-state index contributed by atoms with van der Waals surface area (Å²) in [6.45, 7) is 0. The highest BCUT2D eigenvalue weighted by atomic mass is 31.2. The minimum absolute atomic E-state index is 0.135. The molecule has 0 spiro atoms. The Labute approximate surface area is 107 Å². The lowest BCUT2D eigenvalue weighted by atomic mass is 10.2. The number of rotatable bonds is 6. The van der Waals surface area contributed by atoms with E-state index in [1.165, 1.54) is 26.4 Å². The Kier molecular flexibility index (Phi) is 5.37. The topological polar surface area (TPSA) is 54.0 Å². The zero-order chi connectivity index (χ0) is 14.5. The second kappa shape index (κ2) is 6.38. The summed E-state index contributed by atoms with van der Waals surface area (Å²) in [5, 5.41) is 0. The van der Waals surface area contributed by atoms with Gasteiger partial charge in [-0.3, -0.25) is 4.57 Å². The third-order valence-electron chi connectivity index (χ3n) is 2.00. The molecule has 0 aromatic heterocycles. The molecule has 0 fully saturated rings. The van der Waals surface area contributed by atoms with Crippen LogP contribution in [0.4, 0.5) is 13.2 Å². The molecule has 19 heavy (non-hydrogen) atoms. The van der Waals surface area contributed by atoms with Crippen molar-refractivity contribution in [2.24, 2.45) is 0 Å². The molecule has 1 rings (SSSR count). The van der Waals surface area contributed by atoms with E-state index in [0.717, 1.165) is 12.1 Å². The van der Waals surface area contributed by atoms with Crippen LogP contribution in [-0.4, -0.2) is 20.6 Å². The smallest absolute Gasteiger partial charge is 0.406 e. The number of benzene rings is 1. The molecule has 1 aromatic rings. The maximum atomic E-state index is 11.9. The maximum absolute atomic E-state index is 11.9. The average Bonchev–Trinajstić information content (AvgIpc) is 2.30. The van der Waals surface area contributed by atoms with Gasteiger partial charge in [-0.05, 0) is 17.7 Å². The number of alkyl halides is 3. The van der Waals surface area contributed by atoms with Gasteiger partial charge in [-0.2, -0.15) is 0 Å². The van der Waals surface area contributed by atoms with Crippen LogP contribution in [0.2, 0.25) is 0 Å². The Morgan fingerprint density at radius 2 is 1.74 bits per heavy atom. The van der Waals surface area contributed by atoms with Crippen molar-refractivity contribution in [3.63, 3.8) is 0 Å². The third-order valence-corrected chi connectivity index (χ3v) is 3.68. The summed E-state index contributed by atoms with van der Waals surface area (Å²) in [6.07, 6.45) is -4.88. The van der Waals surface area contributed by atoms with Crippen molar-refractivity contribution in [1.29, 1.82) is 0 Å². The van der Waals surface area contributed by atoms with Gasteiger partial charge in [0.2, 0.25) is 0 Å². The maximum Gasteiger partial charge on any atom is 0.573 e. The van der Waals surface area contributed by atoms with Gasteiger partial charge in [0, 0.05) is 7.11 Å². The molecular formula is C10H12F3O5P. The van der Waals surface area contributed by atoms with E-state index in [-0.39, 0.29) is 11.9 Å². The van der Waals surface area contributed by atoms with Gasteiger partial charge in [0.15, 0.2) is 0 Å². The highest BCUT2D eigenvalue weighted by molar-refractivity contribution is 7.52. The van der Waals surface area contributed by atoms with Crippen LogP contribution in [0.5, 0.6) is 5.75 Å². The second-order valence-electron chi connectivity index (χ2n) is 3.38.